The lowest BCUT2D eigenvalue weighted by Gasteiger charge is -2.27. The highest BCUT2D eigenvalue weighted by Gasteiger charge is 2.42. The number of carbonyl (C=O) groups is 1. The fourth-order valence-corrected chi connectivity index (χ4v) is 3.70. The zero-order chi connectivity index (χ0) is 20.1. The molecule has 2 unspecified atom stereocenters. The number of likely N-dealkylation sites (tertiary alicyclic amines) is 1. The van der Waals surface area contributed by atoms with Crippen LogP contribution in [0.15, 0.2) is 4.99 Å². The molecule has 7 nitrogen and oxygen atoms in total. The third-order valence-corrected chi connectivity index (χ3v) is 5.10. The molecule has 0 saturated carbocycles. The number of rotatable bonds is 5. The first-order valence-corrected chi connectivity index (χ1v) is 10.2. The van der Waals surface area contributed by atoms with Crippen molar-refractivity contribution in [3.63, 3.8) is 0 Å². The molecule has 0 aromatic rings. The van der Waals surface area contributed by atoms with Gasteiger partial charge in [0.2, 0.25) is 0 Å². The van der Waals surface area contributed by atoms with Gasteiger partial charge in [-0.1, -0.05) is 6.92 Å². The number of ether oxygens (including phenoxy) is 2. The van der Waals surface area contributed by atoms with E-state index in [2.05, 4.69) is 24.1 Å². The Morgan fingerprint density at radius 3 is 2.74 bits per heavy atom. The molecule has 2 saturated heterocycles. The van der Waals surface area contributed by atoms with Crippen molar-refractivity contribution in [2.75, 3.05) is 53.0 Å². The Balaban J connectivity index is 1.87. The van der Waals surface area contributed by atoms with E-state index >= 15 is 0 Å². The summed E-state index contributed by atoms with van der Waals surface area (Å²) in [6.07, 6.45) is 2.04. The molecule has 2 rings (SSSR count). The largest absolute Gasteiger partial charge is 0.444 e. The quantitative estimate of drug-likeness (QED) is 0.585. The van der Waals surface area contributed by atoms with Crippen LogP contribution >= 0.6 is 0 Å². The van der Waals surface area contributed by atoms with Crippen molar-refractivity contribution in [1.82, 2.24) is 15.1 Å². The molecule has 0 bridgehead atoms. The number of guanidine groups is 1. The number of aliphatic imine (C=N–C) groups is 1. The van der Waals surface area contributed by atoms with Crippen LogP contribution in [-0.4, -0.2) is 80.4 Å². The molecular formula is C20H38N4O3. The fraction of sp³-hybridized carbons (Fsp3) is 0.900. The molecule has 7 heteroatoms. The lowest BCUT2D eigenvalue weighted by Crippen LogP contribution is -2.42. The zero-order valence-electron chi connectivity index (χ0n) is 18.0. The van der Waals surface area contributed by atoms with Gasteiger partial charge in [0.05, 0.1) is 6.61 Å². The molecule has 2 atom stereocenters. The Bertz CT molecular complexity index is 524. The van der Waals surface area contributed by atoms with Gasteiger partial charge in [-0.3, -0.25) is 4.99 Å². The van der Waals surface area contributed by atoms with E-state index in [1.54, 1.807) is 11.9 Å². The number of nitrogens with one attached hydrogen (secondary N) is 1. The number of hydrogen-bond acceptors (Lipinski definition) is 4. The lowest BCUT2D eigenvalue weighted by atomic mass is 9.87. The number of nitrogens with zero attached hydrogens (tertiary/aromatic N) is 3. The van der Waals surface area contributed by atoms with Gasteiger partial charge < -0.3 is 24.6 Å². The molecule has 2 heterocycles. The molecule has 2 fully saturated rings. The van der Waals surface area contributed by atoms with E-state index in [1.807, 2.05) is 20.8 Å². The molecule has 156 valence electrons. The molecule has 1 amide bonds. The maximum Gasteiger partial charge on any atom is 0.410 e. The molecule has 0 aromatic carbocycles. The van der Waals surface area contributed by atoms with Crippen molar-refractivity contribution in [3.05, 3.63) is 0 Å². The summed E-state index contributed by atoms with van der Waals surface area (Å²) in [6.45, 7) is 15.8. The summed E-state index contributed by atoms with van der Waals surface area (Å²) in [5, 5.41) is 3.42. The SMILES string of the molecule is CCNC(=NCC(C)CN(C)C(=O)OC(C)(C)C)N1CCC2(CCOC2)C1. The lowest BCUT2D eigenvalue weighted by molar-refractivity contribution is 0.0279. The van der Waals surface area contributed by atoms with E-state index in [0.29, 0.717) is 18.5 Å². The van der Waals surface area contributed by atoms with Crippen molar-refractivity contribution in [2.45, 2.75) is 53.1 Å². The predicted octanol–water partition coefficient (Wildman–Crippen LogP) is 2.57. The van der Waals surface area contributed by atoms with Gasteiger partial charge in [0, 0.05) is 51.8 Å². The molecular weight excluding hydrogens is 344 g/mol. The maximum absolute atomic E-state index is 12.1. The monoisotopic (exact) mass is 382 g/mol. The van der Waals surface area contributed by atoms with Crippen molar-refractivity contribution >= 4 is 12.1 Å². The third kappa shape index (κ3) is 6.55. The second-order valence-electron chi connectivity index (χ2n) is 9.13. The van der Waals surface area contributed by atoms with Crippen LogP contribution in [-0.2, 0) is 9.47 Å². The molecule has 27 heavy (non-hydrogen) atoms. The molecule has 2 aliphatic heterocycles. The van der Waals surface area contributed by atoms with E-state index in [1.165, 1.54) is 6.42 Å². The van der Waals surface area contributed by atoms with E-state index < -0.39 is 5.60 Å². The van der Waals surface area contributed by atoms with Crippen molar-refractivity contribution in [1.29, 1.82) is 0 Å². The summed E-state index contributed by atoms with van der Waals surface area (Å²) in [4.78, 5) is 21.0. The fourth-order valence-electron chi connectivity index (χ4n) is 3.70. The first-order valence-electron chi connectivity index (χ1n) is 10.2. The summed E-state index contributed by atoms with van der Waals surface area (Å²) in [6, 6.07) is 0. The molecule has 1 spiro atoms. The Kier molecular flexibility index (Phi) is 7.37. The molecule has 0 radical (unpaired) electrons. The molecule has 0 aliphatic carbocycles. The summed E-state index contributed by atoms with van der Waals surface area (Å²) in [5.74, 6) is 1.23. The predicted molar refractivity (Wildman–Crippen MR) is 108 cm³/mol. The van der Waals surface area contributed by atoms with Gasteiger partial charge in [-0.15, -0.1) is 0 Å². The van der Waals surface area contributed by atoms with Gasteiger partial charge in [0.15, 0.2) is 5.96 Å². The first-order chi connectivity index (χ1) is 12.6. The third-order valence-electron chi connectivity index (χ3n) is 5.10. The van der Waals surface area contributed by atoms with Crippen molar-refractivity contribution < 1.29 is 14.3 Å². The highest BCUT2D eigenvalue weighted by molar-refractivity contribution is 5.80. The zero-order valence-corrected chi connectivity index (χ0v) is 18.0. The van der Waals surface area contributed by atoms with Crippen molar-refractivity contribution in [3.8, 4) is 0 Å². The molecule has 0 aromatic heterocycles. The smallest absolute Gasteiger partial charge is 0.410 e. The van der Waals surface area contributed by atoms with Gasteiger partial charge in [-0.2, -0.15) is 0 Å². The number of carbonyl (C=O) groups excluding carboxylic acids is 1. The van der Waals surface area contributed by atoms with E-state index in [9.17, 15) is 4.79 Å². The minimum atomic E-state index is -0.472. The number of hydrogen-bond donors (Lipinski definition) is 1. The standard InChI is InChI=1S/C20H38N4O3/c1-7-21-17(24-10-8-20(14-24)9-11-26-15-20)22-12-16(2)13-23(6)18(25)27-19(3,4)5/h16H,7-15H2,1-6H3,(H,21,22). The molecule has 1 N–H and O–H groups in total. The summed E-state index contributed by atoms with van der Waals surface area (Å²) >= 11 is 0. The number of amides is 1. The van der Waals surface area contributed by atoms with Gasteiger partial charge >= 0.3 is 6.09 Å². The Morgan fingerprint density at radius 1 is 1.41 bits per heavy atom. The van der Waals surface area contributed by atoms with Gasteiger partial charge in [-0.25, -0.2) is 4.79 Å². The van der Waals surface area contributed by atoms with Crippen molar-refractivity contribution in [2.24, 2.45) is 16.3 Å². The normalized spacial score (nSPS) is 24.4. The van der Waals surface area contributed by atoms with E-state index in [4.69, 9.17) is 14.5 Å². The minimum Gasteiger partial charge on any atom is -0.444 e. The Hall–Kier alpha value is -1.50. The highest BCUT2D eigenvalue weighted by Crippen LogP contribution is 2.38. The second kappa shape index (κ2) is 9.13. The van der Waals surface area contributed by atoms with Crippen LogP contribution in [0.3, 0.4) is 0 Å². The average molecular weight is 383 g/mol. The van der Waals surface area contributed by atoms with Crippen LogP contribution in [0.25, 0.3) is 0 Å². The van der Waals surface area contributed by atoms with Gasteiger partial charge in [0.25, 0.3) is 0 Å². The minimum absolute atomic E-state index is 0.252. The summed E-state index contributed by atoms with van der Waals surface area (Å²) in [5.41, 5.74) is -0.153. The average Bonchev–Trinajstić information content (AvgIpc) is 3.20. The van der Waals surface area contributed by atoms with E-state index in [-0.39, 0.29) is 12.0 Å². The van der Waals surface area contributed by atoms with Crippen LogP contribution in [0.2, 0.25) is 0 Å². The summed E-state index contributed by atoms with van der Waals surface area (Å²) in [7, 11) is 1.78. The van der Waals surface area contributed by atoms with Crippen LogP contribution in [0.5, 0.6) is 0 Å². The van der Waals surface area contributed by atoms with Gasteiger partial charge in [0.1, 0.15) is 5.60 Å². The first kappa shape index (κ1) is 21.8. The van der Waals surface area contributed by atoms with Crippen LogP contribution < -0.4 is 5.32 Å². The topological polar surface area (TPSA) is 66.4 Å². The second-order valence-corrected chi connectivity index (χ2v) is 9.13. The highest BCUT2D eigenvalue weighted by atomic mass is 16.6. The van der Waals surface area contributed by atoms with Crippen LogP contribution in [0.1, 0.15) is 47.5 Å². The van der Waals surface area contributed by atoms with Gasteiger partial charge in [-0.05, 0) is 46.5 Å². The Morgan fingerprint density at radius 2 is 2.15 bits per heavy atom. The Labute approximate surface area is 164 Å². The summed E-state index contributed by atoms with van der Waals surface area (Å²) < 4.78 is 11.1. The van der Waals surface area contributed by atoms with Crippen LogP contribution in [0.4, 0.5) is 4.79 Å². The van der Waals surface area contributed by atoms with Crippen LogP contribution in [0, 0.1) is 11.3 Å². The van der Waals surface area contributed by atoms with E-state index in [0.717, 1.165) is 45.2 Å². The molecule has 2 aliphatic rings. The maximum atomic E-state index is 12.1.